The van der Waals surface area contributed by atoms with Gasteiger partial charge in [0, 0.05) is 5.56 Å². The standard InChI is InChI=1S/C16H17FN2O2/c1-10-6-7-12(17)11(8-10)16(19-18)15-9-20-13-4-2-3-5-14(13)21-15/h2-8,15-16,19H,9,18H2,1H3. The Kier molecular flexibility index (Phi) is 3.77. The normalized spacial score (nSPS) is 18.3. The highest BCUT2D eigenvalue weighted by molar-refractivity contribution is 5.41. The number of rotatable bonds is 3. The number of para-hydroxylation sites is 2. The van der Waals surface area contributed by atoms with Crippen LogP contribution in [0.2, 0.25) is 0 Å². The topological polar surface area (TPSA) is 56.5 Å². The van der Waals surface area contributed by atoms with Crippen molar-refractivity contribution in [3.05, 3.63) is 59.4 Å². The molecule has 2 atom stereocenters. The number of hydrogen-bond acceptors (Lipinski definition) is 4. The molecule has 1 aliphatic heterocycles. The molecule has 0 aliphatic carbocycles. The van der Waals surface area contributed by atoms with Crippen LogP contribution in [0.25, 0.3) is 0 Å². The Balaban J connectivity index is 1.90. The molecule has 2 aromatic rings. The van der Waals surface area contributed by atoms with Crippen molar-refractivity contribution in [1.82, 2.24) is 5.43 Å². The quantitative estimate of drug-likeness (QED) is 0.673. The Hall–Kier alpha value is -2.11. The largest absolute Gasteiger partial charge is 0.486 e. The number of benzene rings is 2. The van der Waals surface area contributed by atoms with E-state index in [4.69, 9.17) is 15.3 Å². The third kappa shape index (κ3) is 2.70. The first-order valence-electron chi connectivity index (χ1n) is 6.79. The smallest absolute Gasteiger partial charge is 0.161 e. The lowest BCUT2D eigenvalue weighted by Crippen LogP contribution is -2.44. The maximum atomic E-state index is 14.1. The van der Waals surface area contributed by atoms with Gasteiger partial charge in [0.15, 0.2) is 17.6 Å². The molecular weight excluding hydrogens is 271 g/mol. The molecule has 2 aromatic carbocycles. The maximum absolute atomic E-state index is 14.1. The van der Waals surface area contributed by atoms with Crippen molar-refractivity contribution in [2.75, 3.05) is 6.61 Å². The SMILES string of the molecule is Cc1ccc(F)c(C(NN)C2COc3ccccc3O2)c1. The molecule has 1 heterocycles. The van der Waals surface area contributed by atoms with Gasteiger partial charge >= 0.3 is 0 Å². The van der Waals surface area contributed by atoms with Crippen LogP contribution in [-0.2, 0) is 0 Å². The van der Waals surface area contributed by atoms with Crippen molar-refractivity contribution < 1.29 is 13.9 Å². The van der Waals surface area contributed by atoms with E-state index in [9.17, 15) is 4.39 Å². The highest BCUT2D eigenvalue weighted by Crippen LogP contribution is 2.34. The monoisotopic (exact) mass is 288 g/mol. The predicted octanol–water partition coefficient (Wildman–Crippen LogP) is 2.48. The minimum absolute atomic E-state index is 0.305. The van der Waals surface area contributed by atoms with E-state index in [1.165, 1.54) is 6.07 Å². The van der Waals surface area contributed by atoms with Crippen LogP contribution in [0.5, 0.6) is 11.5 Å². The average Bonchev–Trinajstić information content (AvgIpc) is 2.51. The molecule has 4 nitrogen and oxygen atoms in total. The summed E-state index contributed by atoms with van der Waals surface area (Å²) in [5, 5.41) is 0. The molecule has 21 heavy (non-hydrogen) atoms. The fourth-order valence-corrected chi connectivity index (χ4v) is 2.50. The van der Waals surface area contributed by atoms with E-state index in [0.717, 1.165) is 5.56 Å². The Morgan fingerprint density at radius 1 is 1.24 bits per heavy atom. The van der Waals surface area contributed by atoms with Crippen LogP contribution in [0.15, 0.2) is 42.5 Å². The zero-order valence-electron chi connectivity index (χ0n) is 11.7. The Morgan fingerprint density at radius 3 is 2.76 bits per heavy atom. The van der Waals surface area contributed by atoms with Gasteiger partial charge < -0.3 is 9.47 Å². The molecule has 1 aliphatic rings. The molecule has 3 N–H and O–H groups in total. The van der Waals surface area contributed by atoms with Gasteiger partial charge in [-0.1, -0.05) is 29.8 Å². The van der Waals surface area contributed by atoms with Crippen molar-refractivity contribution in [3.63, 3.8) is 0 Å². The van der Waals surface area contributed by atoms with Crippen molar-refractivity contribution in [2.45, 2.75) is 19.1 Å². The number of nitrogens with two attached hydrogens (primary N) is 1. The number of fused-ring (bicyclic) bond motifs is 1. The van der Waals surface area contributed by atoms with Gasteiger partial charge in [0.2, 0.25) is 0 Å². The number of hydrazine groups is 1. The predicted molar refractivity (Wildman–Crippen MR) is 77.6 cm³/mol. The maximum Gasteiger partial charge on any atom is 0.161 e. The van der Waals surface area contributed by atoms with E-state index in [2.05, 4.69) is 5.43 Å². The Morgan fingerprint density at radius 2 is 2.00 bits per heavy atom. The summed E-state index contributed by atoms with van der Waals surface area (Å²) in [6.45, 7) is 2.21. The third-order valence-electron chi connectivity index (χ3n) is 3.57. The molecule has 0 amide bonds. The fourth-order valence-electron chi connectivity index (χ4n) is 2.50. The second-order valence-corrected chi connectivity index (χ2v) is 5.08. The van der Waals surface area contributed by atoms with Crippen LogP contribution >= 0.6 is 0 Å². The lowest BCUT2D eigenvalue weighted by molar-refractivity contribution is 0.0607. The molecular formula is C16H17FN2O2. The van der Waals surface area contributed by atoms with Gasteiger partial charge in [0.1, 0.15) is 12.4 Å². The van der Waals surface area contributed by atoms with Crippen molar-refractivity contribution in [2.24, 2.45) is 5.84 Å². The van der Waals surface area contributed by atoms with Crippen LogP contribution in [0.4, 0.5) is 4.39 Å². The number of halogens is 1. The van der Waals surface area contributed by atoms with Crippen LogP contribution in [0.1, 0.15) is 17.2 Å². The number of hydrogen-bond donors (Lipinski definition) is 2. The third-order valence-corrected chi connectivity index (χ3v) is 3.57. The number of nitrogens with one attached hydrogen (secondary N) is 1. The first-order chi connectivity index (χ1) is 10.2. The van der Waals surface area contributed by atoms with Crippen molar-refractivity contribution in [3.8, 4) is 11.5 Å². The fraction of sp³-hybridized carbons (Fsp3) is 0.250. The summed E-state index contributed by atoms with van der Waals surface area (Å²) in [7, 11) is 0. The van der Waals surface area contributed by atoms with Gasteiger partial charge in [-0.05, 0) is 25.1 Å². The summed E-state index contributed by atoms with van der Waals surface area (Å²) in [5.41, 5.74) is 4.08. The van der Waals surface area contributed by atoms with Crippen LogP contribution in [0, 0.1) is 12.7 Å². The molecule has 0 aromatic heterocycles. The molecule has 0 saturated carbocycles. The van der Waals surface area contributed by atoms with E-state index in [1.807, 2.05) is 31.2 Å². The molecule has 0 spiro atoms. The summed E-state index contributed by atoms with van der Waals surface area (Å²) >= 11 is 0. The molecule has 0 fully saturated rings. The van der Waals surface area contributed by atoms with E-state index < -0.39 is 12.1 Å². The van der Waals surface area contributed by atoms with Gasteiger partial charge in [0.05, 0.1) is 6.04 Å². The van der Waals surface area contributed by atoms with Gasteiger partial charge in [-0.15, -0.1) is 0 Å². The highest BCUT2D eigenvalue weighted by Gasteiger charge is 2.31. The van der Waals surface area contributed by atoms with E-state index >= 15 is 0 Å². The van der Waals surface area contributed by atoms with E-state index in [-0.39, 0.29) is 5.82 Å². The van der Waals surface area contributed by atoms with E-state index in [0.29, 0.717) is 23.7 Å². The second-order valence-electron chi connectivity index (χ2n) is 5.08. The first-order valence-corrected chi connectivity index (χ1v) is 6.79. The minimum Gasteiger partial charge on any atom is -0.486 e. The zero-order chi connectivity index (χ0) is 14.8. The summed E-state index contributed by atoms with van der Waals surface area (Å²) < 4.78 is 25.6. The van der Waals surface area contributed by atoms with Gasteiger partial charge in [-0.2, -0.15) is 0 Å². The van der Waals surface area contributed by atoms with Crippen molar-refractivity contribution in [1.29, 1.82) is 0 Å². The van der Waals surface area contributed by atoms with Crippen LogP contribution < -0.4 is 20.7 Å². The second kappa shape index (κ2) is 5.71. The van der Waals surface area contributed by atoms with Crippen LogP contribution in [0.3, 0.4) is 0 Å². The Labute approximate surface area is 122 Å². The lowest BCUT2D eigenvalue weighted by atomic mass is 9.99. The van der Waals surface area contributed by atoms with Crippen LogP contribution in [-0.4, -0.2) is 12.7 Å². The zero-order valence-corrected chi connectivity index (χ0v) is 11.7. The highest BCUT2D eigenvalue weighted by atomic mass is 19.1. The van der Waals surface area contributed by atoms with Gasteiger partial charge in [0.25, 0.3) is 0 Å². The van der Waals surface area contributed by atoms with Crippen molar-refractivity contribution >= 4 is 0 Å². The molecule has 110 valence electrons. The summed E-state index contributed by atoms with van der Waals surface area (Å²) in [6, 6.07) is 11.8. The average molecular weight is 288 g/mol. The van der Waals surface area contributed by atoms with Gasteiger partial charge in [-0.25, -0.2) is 9.82 Å². The lowest BCUT2D eigenvalue weighted by Gasteiger charge is -2.32. The number of ether oxygens (including phenoxy) is 2. The molecule has 3 rings (SSSR count). The minimum atomic E-state index is -0.488. The molecule has 0 saturated heterocycles. The first kappa shape index (κ1) is 13.9. The summed E-state index contributed by atoms with van der Waals surface area (Å²) in [4.78, 5) is 0. The molecule has 0 bridgehead atoms. The summed E-state index contributed by atoms with van der Waals surface area (Å²) in [6.07, 6.45) is -0.402. The molecule has 2 unspecified atom stereocenters. The molecule has 5 heteroatoms. The number of aryl methyl sites for hydroxylation is 1. The van der Waals surface area contributed by atoms with Gasteiger partial charge in [-0.3, -0.25) is 5.84 Å². The van der Waals surface area contributed by atoms with E-state index in [1.54, 1.807) is 12.1 Å². The Bertz CT molecular complexity index is 648. The summed E-state index contributed by atoms with van der Waals surface area (Å²) in [5.74, 6) is 6.64. The molecule has 0 radical (unpaired) electrons.